The van der Waals surface area contributed by atoms with E-state index < -0.39 is 11.7 Å². The lowest BCUT2D eigenvalue weighted by atomic mass is 10.2. The highest BCUT2D eigenvalue weighted by atomic mass is 32.2. The Kier molecular flexibility index (Phi) is 5.87. The number of carbonyl (C=O) groups excluding carboxylic acids is 2. The maximum Gasteiger partial charge on any atom is 0.269 e. The number of nitrogens with zero attached hydrogens (tertiary/aromatic N) is 2. The van der Waals surface area contributed by atoms with Gasteiger partial charge in [0.15, 0.2) is 5.16 Å². The molecule has 6 nitrogen and oxygen atoms in total. The molecule has 2 N–H and O–H groups in total. The summed E-state index contributed by atoms with van der Waals surface area (Å²) in [4.78, 5) is 28.1. The zero-order chi connectivity index (χ0) is 19.2. The van der Waals surface area contributed by atoms with E-state index in [0.717, 1.165) is 11.3 Å². The number of halogens is 1. The highest BCUT2D eigenvalue weighted by Crippen LogP contribution is 2.20. The van der Waals surface area contributed by atoms with Crippen LogP contribution in [0.4, 0.5) is 4.39 Å². The molecule has 8 heteroatoms. The molecule has 0 bridgehead atoms. The number of aryl methyl sites for hydroxylation is 1. The first-order valence-electron chi connectivity index (χ1n) is 8.11. The molecule has 3 rings (SSSR count). The molecule has 0 atom stereocenters. The number of nitrogens with one attached hydrogen (secondary N) is 2. The lowest BCUT2D eigenvalue weighted by Crippen LogP contribution is -2.42. The van der Waals surface area contributed by atoms with Gasteiger partial charge in [0, 0.05) is 23.6 Å². The van der Waals surface area contributed by atoms with Gasteiger partial charge in [0.1, 0.15) is 5.82 Å². The molecule has 0 saturated carbocycles. The second-order valence-electron chi connectivity index (χ2n) is 5.72. The summed E-state index contributed by atoms with van der Waals surface area (Å²) in [6, 6.07) is 13.0. The monoisotopic (exact) mass is 384 g/mol. The normalized spacial score (nSPS) is 10.4. The molecule has 1 heterocycles. The summed E-state index contributed by atoms with van der Waals surface area (Å²) in [6.45, 7) is 2.00. The van der Waals surface area contributed by atoms with Gasteiger partial charge in [-0.2, -0.15) is 0 Å². The molecular formula is C19H17FN4O2S. The molecule has 0 spiro atoms. The average molecular weight is 384 g/mol. The van der Waals surface area contributed by atoms with Gasteiger partial charge >= 0.3 is 0 Å². The van der Waals surface area contributed by atoms with E-state index >= 15 is 0 Å². The molecule has 0 radical (unpaired) electrons. The van der Waals surface area contributed by atoms with Gasteiger partial charge < -0.3 is 0 Å². The van der Waals surface area contributed by atoms with Crippen LogP contribution in [0.25, 0.3) is 5.69 Å². The molecule has 0 aliphatic rings. The van der Waals surface area contributed by atoms with Crippen molar-refractivity contribution < 1.29 is 14.0 Å². The minimum absolute atomic E-state index is 0.0759. The van der Waals surface area contributed by atoms with Crippen molar-refractivity contribution in [2.75, 3.05) is 5.75 Å². The van der Waals surface area contributed by atoms with Gasteiger partial charge in [-0.15, -0.1) is 0 Å². The van der Waals surface area contributed by atoms with Crippen molar-refractivity contribution in [2.24, 2.45) is 0 Å². The van der Waals surface area contributed by atoms with Crippen molar-refractivity contribution in [1.82, 2.24) is 20.4 Å². The van der Waals surface area contributed by atoms with Gasteiger partial charge in [-0.3, -0.25) is 25.0 Å². The summed E-state index contributed by atoms with van der Waals surface area (Å²) in [7, 11) is 0. The molecule has 0 saturated heterocycles. The van der Waals surface area contributed by atoms with Crippen molar-refractivity contribution in [1.29, 1.82) is 0 Å². The van der Waals surface area contributed by atoms with Crippen LogP contribution in [0.5, 0.6) is 0 Å². The molecule has 0 aliphatic heterocycles. The fourth-order valence-electron chi connectivity index (χ4n) is 2.34. The average Bonchev–Trinajstić information content (AvgIpc) is 3.13. The van der Waals surface area contributed by atoms with E-state index in [-0.39, 0.29) is 17.2 Å². The van der Waals surface area contributed by atoms with Crippen LogP contribution in [0.1, 0.15) is 15.9 Å². The number of hydrazine groups is 1. The van der Waals surface area contributed by atoms with Gasteiger partial charge in [0.05, 0.1) is 5.75 Å². The van der Waals surface area contributed by atoms with Gasteiger partial charge in [0.25, 0.3) is 5.91 Å². The van der Waals surface area contributed by atoms with Crippen LogP contribution in [0, 0.1) is 12.7 Å². The molecule has 2 aromatic carbocycles. The summed E-state index contributed by atoms with van der Waals surface area (Å²) in [5.74, 6) is -1.26. The van der Waals surface area contributed by atoms with Crippen molar-refractivity contribution in [3.8, 4) is 5.69 Å². The van der Waals surface area contributed by atoms with E-state index in [1.165, 1.54) is 36.0 Å². The number of thioether (sulfide) groups is 1. The van der Waals surface area contributed by atoms with E-state index in [4.69, 9.17) is 0 Å². The van der Waals surface area contributed by atoms with Crippen LogP contribution in [-0.2, 0) is 4.79 Å². The Morgan fingerprint density at radius 3 is 2.67 bits per heavy atom. The van der Waals surface area contributed by atoms with E-state index in [2.05, 4.69) is 15.8 Å². The molecule has 138 valence electrons. The number of amides is 2. The van der Waals surface area contributed by atoms with E-state index in [1.807, 2.05) is 42.0 Å². The summed E-state index contributed by atoms with van der Waals surface area (Å²) >= 11 is 1.25. The number of imidazole rings is 1. The summed E-state index contributed by atoms with van der Waals surface area (Å²) in [6.07, 6.45) is 3.49. The number of aromatic nitrogens is 2. The fraction of sp³-hybridized carbons (Fsp3) is 0.105. The third kappa shape index (κ3) is 4.95. The first-order valence-corrected chi connectivity index (χ1v) is 9.09. The van der Waals surface area contributed by atoms with Crippen molar-refractivity contribution >= 4 is 23.6 Å². The number of hydrogen-bond donors (Lipinski definition) is 2. The summed E-state index contributed by atoms with van der Waals surface area (Å²) in [5.41, 5.74) is 6.97. The lowest BCUT2D eigenvalue weighted by molar-refractivity contribution is -0.119. The summed E-state index contributed by atoms with van der Waals surface area (Å²) in [5, 5.41) is 0.667. The minimum Gasteiger partial charge on any atom is -0.295 e. The highest BCUT2D eigenvalue weighted by Gasteiger charge is 2.11. The predicted molar refractivity (Wildman–Crippen MR) is 101 cm³/mol. The van der Waals surface area contributed by atoms with Crippen LogP contribution < -0.4 is 10.9 Å². The first-order chi connectivity index (χ1) is 13.0. The van der Waals surface area contributed by atoms with Gasteiger partial charge in [-0.1, -0.05) is 23.9 Å². The van der Waals surface area contributed by atoms with E-state index in [0.29, 0.717) is 5.16 Å². The van der Waals surface area contributed by atoms with Crippen molar-refractivity contribution in [3.63, 3.8) is 0 Å². The molecule has 1 aromatic heterocycles. The third-order valence-corrected chi connectivity index (χ3v) is 4.61. The quantitative estimate of drug-likeness (QED) is 0.524. The molecule has 0 aliphatic carbocycles. The molecular weight excluding hydrogens is 367 g/mol. The van der Waals surface area contributed by atoms with E-state index in [9.17, 15) is 14.0 Å². The van der Waals surface area contributed by atoms with Crippen LogP contribution in [0.15, 0.2) is 66.1 Å². The van der Waals surface area contributed by atoms with Crippen LogP contribution in [0.3, 0.4) is 0 Å². The van der Waals surface area contributed by atoms with Crippen LogP contribution in [-0.4, -0.2) is 27.1 Å². The third-order valence-electron chi connectivity index (χ3n) is 3.64. The second-order valence-corrected chi connectivity index (χ2v) is 6.66. The number of hydrogen-bond acceptors (Lipinski definition) is 4. The lowest BCUT2D eigenvalue weighted by Gasteiger charge is -2.09. The molecule has 0 fully saturated rings. The van der Waals surface area contributed by atoms with Crippen molar-refractivity contribution in [2.45, 2.75) is 12.1 Å². The number of benzene rings is 2. The van der Waals surface area contributed by atoms with Crippen molar-refractivity contribution in [3.05, 3.63) is 77.9 Å². The summed E-state index contributed by atoms with van der Waals surface area (Å²) < 4.78 is 14.8. The zero-order valence-electron chi connectivity index (χ0n) is 14.5. The molecule has 2 amide bonds. The minimum atomic E-state index is -0.519. The standard InChI is InChI=1S/C19H17FN4O2S/c1-13-3-2-4-16(11-13)24-10-9-21-19(24)27-12-17(25)22-23-18(26)14-5-7-15(20)8-6-14/h2-11H,12H2,1H3,(H,22,25)(H,23,26). The van der Waals surface area contributed by atoms with Gasteiger partial charge in [-0.25, -0.2) is 9.37 Å². The van der Waals surface area contributed by atoms with Gasteiger partial charge in [0.2, 0.25) is 5.91 Å². The Morgan fingerprint density at radius 1 is 1.15 bits per heavy atom. The Morgan fingerprint density at radius 2 is 1.93 bits per heavy atom. The maximum atomic E-state index is 12.9. The van der Waals surface area contributed by atoms with Crippen LogP contribution in [0.2, 0.25) is 0 Å². The largest absolute Gasteiger partial charge is 0.295 e. The highest BCUT2D eigenvalue weighted by molar-refractivity contribution is 7.99. The number of carbonyl (C=O) groups is 2. The number of rotatable bonds is 5. The Hall–Kier alpha value is -3.13. The first kappa shape index (κ1) is 18.7. The zero-order valence-corrected chi connectivity index (χ0v) is 15.3. The molecule has 3 aromatic rings. The smallest absolute Gasteiger partial charge is 0.269 e. The SMILES string of the molecule is Cc1cccc(-n2ccnc2SCC(=O)NNC(=O)c2ccc(F)cc2)c1. The van der Waals surface area contributed by atoms with Gasteiger partial charge in [-0.05, 0) is 48.9 Å². The fourth-order valence-corrected chi connectivity index (χ4v) is 3.11. The second kappa shape index (κ2) is 8.50. The molecule has 27 heavy (non-hydrogen) atoms. The topological polar surface area (TPSA) is 76.0 Å². The van der Waals surface area contributed by atoms with Crippen LogP contribution >= 0.6 is 11.8 Å². The Balaban J connectivity index is 1.53. The Labute approximate surface area is 159 Å². The molecule has 0 unspecified atom stereocenters. The maximum absolute atomic E-state index is 12.9. The predicted octanol–water partition coefficient (Wildman–Crippen LogP) is 2.87. The van der Waals surface area contributed by atoms with E-state index in [1.54, 1.807) is 6.20 Å². The Bertz CT molecular complexity index is 956.